The minimum absolute atomic E-state index is 0.269. The van der Waals surface area contributed by atoms with Crippen molar-refractivity contribution in [2.75, 3.05) is 5.32 Å². The van der Waals surface area contributed by atoms with Gasteiger partial charge in [-0.2, -0.15) is 0 Å². The fraction of sp³-hybridized carbons (Fsp3) is 0.125. The first-order chi connectivity index (χ1) is 11.6. The number of aromatic nitrogens is 2. The lowest BCUT2D eigenvalue weighted by molar-refractivity contribution is -0.117. The third-order valence-corrected chi connectivity index (χ3v) is 4.92. The molecule has 2 heterocycles. The average Bonchev–Trinajstić information content (AvgIpc) is 3.27. The highest BCUT2D eigenvalue weighted by molar-refractivity contribution is 7.18. The van der Waals surface area contributed by atoms with E-state index in [1.807, 2.05) is 35.7 Å². The maximum absolute atomic E-state index is 12.2. The van der Waals surface area contributed by atoms with E-state index in [2.05, 4.69) is 20.8 Å². The molecular formula is C16H14N4O2S2. The Hall–Kier alpha value is -2.58. The summed E-state index contributed by atoms with van der Waals surface area (Å²) in [6.07, 6.45) is 0. The van der Waals surface area contributed by atoms with E-state index in [1.165, 1.54) is 22.7 Å². The summed E-state index contributed by atoms with van der Waals surface area (Å²) >= 11 is 2.61. The number of rotatable bonds is 5. The third kappa shape index (κ3) is 3.84. The van der Waals surface area contributed by atoms with Crippen LogP contribution in [-0.2, 0) is 4.79 Å². The van der Waals surface area contributed by atoms with Gasteiger partial charge in [0.25, 0.3) is 5.91 Å². The quantitative estimate of drug-likeness (QED) is 0.734. The Kier molecular flexibility index (Phi) is 4.97. The van der Waals surface area contributed by atoms with Crippen LogP contribution in [-0.4, -0.2) is 28.1 Å². The number of hydrogen-bond donors (Lipinski definition) is 2. The zero-order chi connectivity index (χ0) is 16.9. The Morgan fingerprint density at radius 2 is 1.88 bits per heavy atom. The fourth-order valence-electron chi connectivity index (χ4n) is 1.93. The maximum atomic E-state index is 12.2. The van der Waals surface area contributed by atoms with Crippen LogP contribution in [0.3, 0.4) is 0 Å². The number of nitrogens with zero attached hydrogens (tertiary/aromatic N) is 2. The summed E-state index contributed by atoms with van der Waals surface area (Å²) in [4.78, 5) is 24.7. The van der Waals surface area contributed by atoms with Gasteiger partial charge in [0.15, 0.2) is 0 Å². The number of hydrogen-bond acceptors (Lipinski definition) is 6. The molecule has 0 saturated carbocycles. The zero-order valence-electron chi connectivity index (χ0n) is 12.7. The van der Waals surface area contributed by atoms with Crippen molar-refractivity contribution in [3.63, 3.8) is 0 Å². The molecule has 6 nitrogen and oxygen atoms in total. The van der Waals surface area contributed by atoms with Gasteiger partial charge < -0.3 is 5.32 Å². The van der Waals surface area contributed by atoms with E-state index in [0.717, 1.165) is 10.6 Å². The number of carbonyl (C=O) groups excluding carboxylic acids is 2. The standard InChI is InChI=1S/C16H14N4O2S2/c1-10(17-14(22)12-8-5-9-23-12)13(21)18-16-20-19-15(24-16)11-6-3-2-4-7-11/h2-10H,1H3,(H,17,22)(H,18,20,21). The van der Waals surface area contributed by atoms with Crippen molar-refractivity contribution in [1.82, 2.24) is 15.5 Å². The maximum Gasteiger partial charge on any atom is 0.261 e. The van der Waals surface area contributed by atoms with Crippen molar-refractivity contribution in [3.8, 4) is 10.6 Å². The molecule has 0 radical (unpaired) electrons. The molecule has 0 aliphatic heterocycles. The van der Waals surface area contributed by atoms with Crippen molar-refractivity contribution < 1.29 is 9.59 Å². The molecule has 122 valence electrons. The Balaban J connectivity index is 1.60. The second kappa shape index (κ2) is 7.33. The molecule has 0 saturated heterocycles. The van der Waals surface area contributed by atoms with E-state index >= 15 is 0 Å². The summed E-state index contributed by atoms with van der Waals surface area (Å²) in [5.74, 6) is -0.606. The summed E-state index contributed by atoms with van der Waals surface area (Å²) in [5.41, 5.74) is 0.939. The van der Waals surface area contributed by atoms with Gasteiger partial charge in [0.2, 0.25) is 11.0 Å². The number of anilines is 1. The van der Waals surface area contributed by atoms with E-state index in [1.54, 1.807) is 19.1 Å². The highest BCUT2D eigenvalue weighted by Crippen LogP contribution is 2.25. The van der Waals surface area contributed by atoms with Crippen LogP contribution in [0, 0.1) is 0 Å². The monoisotopic (exact) mass is 358 g/mol. The normalized spacial score (nSPS) is 11.7. The lowest BCUT2D eigenvalue weighted by atomic mass is 10.2. The molecule has 2 N–H and O–H groups in total. The molecule has 24 heavy (non-hydrogen) atoms. The highest BCUT2D eigenvalue weighted by Gasteiger charge is 2.18. The van der Waals surface area contributed by atoms with Gasteiger partial charge in [0.1, 0.15) is 11.0 Å². The number of nitrogens with one attached hydrogen (secondary N) is 2. The van der Waals surface area contributed by atoms with E-state index < -0.39 is 6.04 Å². The van der Waals surface area contributed by atoms with Gasteiger partial charge in [0.05, 0.1) is 4.88 Å². The van der Waals surface area contributed by atoms with Crippen LogP contribution in [0.5, 0.6) is 0 Å². The van der Waals surface area contributed by atoms with E-state index in [9.17, 15) is 9.59 Å². The molecule has 0 bridgehead atoms. The lowest BCUT2D eigenvalue weighted by Gasteiger charge is -2.11. The first-order valence-corrected chi connectivity index (χ1v) is 8.87. The van der Waals surface area contributed by atoms with Gasteiger partial charge in [0, 0.05) is 5.56 Å². The predicted octanol–water partition coefficient (Wildman–Crippen LogP) is 3.02. The number of thiophene rings is 1. The Labute approximate surface area is 146 Å². The summed E-state index contributed by atoms with van der Waals surface area (Å²) in [5, 5.41) is 16.3. The Bertz CT molecular complexity index is 831. The van der Waals surface area contributed by atoms with E-state index in [-0.39, 0.29) is 11.8 Å². The van der Waals surface area contributed by atoms with Crippen LogP contribution < -0.4 is 10.6 Å². The van der Waals surface area contributed by atoms with Crippen molar-refractivity contribution in [1.29, 1.82) is 0 Å². The van der Waals surface area contributed by atoms with Crippen molar-refractivity contribution in [2.24, 2.45) is 0 Å². The molecule has 1 unspecified atom stereocenters. The topological polar surface area (TPSA) is 84.0 Å². The summed E-state index contributed by atoms with van der Waals surface area (Å²) < 4.78 is 0. The second-order valence-corrected chi connectivity index (χ2v) is 6.87. The van der Waals surface area contributed by atoms with Crippen molar-refractivity contribution >= 4 is 39.6 Å². The molecule has 2 aromatic heterocycles. The van der Waals surface area contributed by atoms with Gasteiger partial charge in [-0.25, -0.2) is 0 Å². The SMILES string of the molecule is CC(NC(=O)c1cccs1)C(=O)Nc1nnc(-c2ccccc2)s1. The van der Waals surface area contributed by atoms with E-state index in [0.29, 0.717) is 10.0 Å². The molecule has 1 aromatic carbocycles. The van der Waals surface area contributed by atoms with Crippen LogP contribution in [0.25, 0.3) is 10.6 Å². The summed E-state index contributed by atoms with van der Waals surface area (Å²) in [6.45, 7) is 1.62. The Morgan fingerprint density at radius 3 is 2.58 bits per heavy atom. The summed E-state index contributed by atoms with van der Waals surface area (Å²) in [6, 6.07) is 12.4. The van der Waals surface area contributed by atoms with Crippen LogP contribution in [0.4, 0.5) is 5.13 Å². The average molecular weight is 358 g/mol. The van der Waals surface area contributed by atoms with E-state index in [4.69, 9.17) is 0 Å². The van der Waals surface area contributed by atoms with Crippen LogP contribution >= 0.6 is 22.7 Å². The number of benzene rings is 1. The molecule has 1 atom stereocenters. The molecule has 3 rings (SSSR count). The van der Waals surface area contributed by atoms with Crippen molar-refractivity contribution in [3.05, 3.63) is 52.7 Å². The smallest absolute Gasteiger partial charge is 0.261 e. The molecule has 0 fully saturated rings. The zero-order valence-corrected chi connectivity index (χ0v) is 14.4. The van der Waals surface area contributed by atoms with Crippen LogP contribution in [0.1, 0.15) is 16.6 Å². The highest BCUT2D eigenvalue weighted by atomic mass is 32.1. The molecule has 0 spiro atoms. The van der Waals surface area contributed by atoms with Crippen molar-refractivity contribution in [2.45, 2.75) is 13.0 Å². The minimum Gasteiger partial charge on any atom is -0.340 e. The van der Waals surface area contributed by atoms with Crippen LogP contribution in [0.15, 0.2) is 47.8 Å². The third-order valence-electron chi connectivity index (χ3n) is 3.16. The van der Waals surface area contributed by atoms with Gasteiger partial charge in [-0.1, -0.05) is 47.7 Å². The lowest BCUT2D eigenvalue weighted by Crippen LogP contribution is -2.41. The Morgan fingerprint density at radius 1 is 1.08 bits per heavy atom. The van der Waals surface area contributed by atoms with Crippen LogP contribution in [0.2, 0.25) is 0 Å². The predicted molar refractivity (Wildman–Crippen MR) is 95.2 cm³/mol. The number of amides is 2. The van der Waals surface area contributed by atoms with Gasteiger partial charge >= 0.3 is 0 Å². The first kappa shape index (κ1) is 16.3. The molecule has 8 heteroatoms. The molecule has 2 amide bonds. The van der Waals surface area contributed by atoms with Gasteiger partial charge in [-0.3, -0.25) is 14.9 Å². The molecule has 3 aromatic rings. The molecule has 0 aliphatic rings. The fourth-order valence-corrected chi connectivity index (χ4v) is 3.30. The summed E-state index contributed by atoms with van der Waals surface area (Å²) in [7, 11) is 0. The van der Waals surface area contributed by atoms with Gasteiger partial charge in [-0.15, -0.1) is 21.5 Å². The second-order valence-electron chi connectivity index (χ2n) is 4.94. The first-order valence-electron chi connectivity index (χ1n) is 7.17. The minimum atomic E-state index is -0.677. The molecule has 0 aliphatic carbocycles. The molecular weight excluding hydrogens is 344 g/mol. The number of carbonyl (C=O) groups is 2. The largest absolute Gasteiger partial charge is 0.340 e. The van der Waals surface area contributed by atoms with Gasteiger partial charge in [-0.05, 0) is 18.4 Å².